The molecule has 1 fully saturated rings. The quantitative estimate of drug-likeness (QED) is 0.615. The van der Waals surface area contributed by atoms with Crippen LogP contribution in [0, 0.1) is 20.8 Å². The SMILES string of the molecule is Cc1cc2c(C)c(C(=O)N3CCOCC3)oc2c(S(=O)(=O)NCCc2ccccc2)c1C. The number of hydrogen-bond acceptors (Lipinski definition) is 5. The van der Waals surface area contributed by atoms with Crippen LogP contribution in [0.1, 0.15) is 32.8 Å². The van der Waals surface area contributed by atoms with Crippen molar-refractivity contribution in [2.45, 2.75) is 32.1 Å². The van der Waals surface area contributed by atoms with Crippen molar-refractivity contribution in [2.75, 3.05) is 32.8 Å². The number of carbonyl (C=O) groups is 1. The highest BCUT2D eigenvalue weighted by Crippen LogP contribution is 2.35. The molecule has 7 nitrogen and oxygen atoms in total. The first kappa shape index (κ1) is 22.5. The van der Waals surface area contributed by atoms with Crippen LogP contribution in [0.2, 0.25) is 0 Å². The molecular formula is C24H28N2O5S. The van der Waals surface area contributed by atoms with Crippen molar-refractivity contribution < 1.29 is 22.4 Å². The molecule has 0 unspecified atom stereocenters. The number of morpholine rings is 1. The highest BCUT2D eigenvalue weighted by atomic mass is 32.2. The molecule has 1 aromatic heterocycles. The summed E-state index contributed by atoms with van der Waals surface area (Å²) in [5.41, 5.74) is 3.38. The van der Waals surface area contributed by atoms with Crippen LogP contribution < -0.4 is 4.72 Å². The maximum absolute atomic E-state index is 13.3. The van der Waals surface area contributed by atoms with Gasteiger partial charge in [0.05, 0.1) is 13.2 Å². The van der Waals surface area contributed by atoms with E-state index in [1.54, 1.807) is 18.7 Å². The van der Waals surface area contributed by atoms with E-state index in [1.807, 2.05) is 43.3 Å². The predicted molar refractivity (Wildman–Crippen MR) is 122 cm³/mol. The lowest BCUT2D eigenvalue weighted by Gasteiger charge is -2.26. The molecule has 2 aromatic carbocycles. The van der Waals surface area contributed by atoms with Gasteiger partial charge in [-0.15, -0.1) is 0 Å². The Kier molecular flexibility index (Phi) is 6.37. The zero-order valence-electron chi connectivity index (χ0n) is 18.6. The largest absolute Gasteiger partial charge is 0.449 e. The van der Waals surface area contributed by atoms with Crippen molar-refractivity contribution in [3.63, 3.8) is 0 Å². The van der Waals surface area contributed by atoms with E-state index in [0.717, 1.165) is 11.1 Å². The van der Waals surface area contributed by atoms with E-state index in [9.17, 15) is 13.2 Å². The third kappa shape index (κ3) is 4.30. The molecule has 0 aliphatic carbocycles. The Labute approximate surface area is 188 Å². The van der Waals surface area contributed by atoms with Crippen molar-refractivity contribution in [1.82, 2.24) is 9.62 Å². The van der Waals surface area contributed by atoms with Gasteiger partial charge in [-0.05, 0) is 49.9 Å². The Hall–Kier alpha value is -2.68. The minimum absolute atomic E-state index is 0.102. The van der Waals surface area contributed by atoms with Crippen LogP contribution >= 0.6 is 0 Å². The lowest BCUT2D eigenvalue weighted by Crippen LogP contribution is -2.40. The zero-order valence-corrected chi connectivity index (χ0v) is 19.4. The molecule has 32 heavy (non-hydrogen) atoms. The minimum atomic E-state index is -3.85. The number of nitrogens with zero attached hydrogens (tertiary/aromatic N) is 1. The fourth-order valence-corrected chi connectivity index (χ4v) is 5.50. The fraction of sp³-hybridized carbons (Fsp3) is 0.375. The van der Waals surface area contributed by atoms with Gasteiger partial charge >= 0.3 is 0 Å². The van der Waals surface area contributed by atoms with Gasteiger partial charge in [-0.2, -0.15) is 0 Å². The molecule has 170 valence electrons. The van der Waals surface area contributed by atoms with Gasteiger partial charge in [0.15, 0.2) is 11.3 Å². The molecule has 1 saturated heterocycles. The number of ether oxygens (including phenoxy) is 1. The summed E-state index contributed by atoms with van der Waals surface area (Å²) < 4.78 is 40.7. The minimum Gasteiger partial charge on any atom is -0.449 e. The second-order valence-electron chi connectivity index (χ2n) is 8.12. The Morgan fingerprint density at radius 1 is 1.06 bits per heavy atom. The van der Waals surface area contributed by atoms with Gasteiger partial charge in [0, 0.05) is 30.6 Å². The fourth-order valence-electron chi connectivity index (χ4n) is 4.03. The van der Waals surface area contributed by atoms with Gasteiger partial charge in [0.1, 0.15) is 4.90 Å². The maximum atomic E-state index is 13.3. The summed E-state index contributed by atoms with van der Waals surface area (Å²) in [6, 6.07) is 11.6. The third-order valence-electron chi connectivity index (χ3n) is 6.00. The van der Waals surface area contributed by atoms with Crippen LogP contribution in [-0.2, 0) is 21.2 Å². The zero-order chi connectivity index (χ0) is 22.9. The number of carbonyl (C=O) groups excluding carboxylic acids is 1. The monoisotopic (exact) mass is 456 g/mol. The standard InChI is InChI=1S/C24H28N2O5S/c1-16-15-20-18(3)21(24(27)26-11-13-30-14-12-26)31-22(20)23(17(16)2)32(28,29)25-10-9-19-7-5-4-6-8-19/h4-8,15,25H,9-14H2,1-3H3. The van der Waals surface area contributed by atoms with E-state index < -0.39 is 10.0 Å². The average Bonchev–Trinajstić information content (AvgIpc) is 3.10. The van der Waals surface area contributed by atoms with Gasteiger partial charge in [-0.3, -0.25) is 4.79 Å². The molecule has 8 heteroatoms. The highest BCUT2D eigenvalue weighted by molar-refractivity contribution is 7.89. The number of aryl methyl sites for hydroxylation is 2. The molecule has 1 amide bonds. The molecule has 3 aromatic rings. The van der Waals surface area contributed by atoms with Gasteiger partial charge in [-0.1, -0.05) is 30.3 Å². The lowest BCUT2D eigenvalue weighted by molar-refractivity contribution is 0.0283. The van der Waals surface area contributed by atoms with Crippen LogP contribution in [0.25, 0.3) is 11.0 Å². The Morgan fingerprint density at radius 2 is 1.75 bits per heavy atom. The first-order chi connectivity index (χ1) is 15.3. The van der Waals surface area contributed by atoms with Crippen LogP contribution in [-0.4, -0.2) is 52.1 Å². The lowest BCUT2D eigenvalue weighted by atomic mass is 10.0. The summed E-state index contributed by atoms with van der Waals surface area (Å²) in [5, 5.41) is 0.646. The topological polar surface area (TPSA) is 88.9 Å². The predicted octanol–water partition coefficient (Wildman–Crippen LogP) is 3.35. The summed E-state index contributed by atoms with van der Waals surface area (Å²) in [7, 11) is -3.85. The molecule has 0 saturated carbocycles. The van der Waals surface area contributed by atoms with Crippen LogP contribution in [0.5, 0.6) is 0 Å². The molecule has 1 aliphatic heterocycles. The highest BCUT2D eigenvalue weighted by Gasteiger charge is 2.30. The molecule has 4 rings (SSSR count). The molecule has 0 atom stereocenters. The van der Waals surface area contributed by atoms with Crippen LogP contribution in [0.3, 0.4) is 0 Å². The van der Waals surface area contributed by atoms with E-state index in [4.69, 9.17) is 9.15 Å². The van der Waals surface area contributed by atoms with E-state index in [2.05, 4.69) is 4.72 Å². The second kappa shape index (κ2) is 9.05. The molecule has 0 bridgehead atoms. The van der Waals surface area contributed by atoms with Gasteiger partial charge in [-0.25, -0.2) is 13.1 Å². The molecule has 0 radical (unpaired) electrons. The Morgan fingerprint density at radius 3 is 2.44 bits per heavy atom. The van der Waals surface area contributed by atoms with Crippen LogP contribution in [0.15, 0.2) is 45.7 Å². The second-order valence-corrected chi connectivity index (χ2v) is 9.82. The summed E-state index contributed by atoms with van der Waals surface area (Å²) >= 11 is 0. The number of fused-ring (bicyclic) bond motifs is 1. The number of sulfonamides is 1. The first-order valence-corrected chi connectivity index (χ1v) is 12.2. The van der Waals surface area contributed by atoms with Crippen molar-refractivity contribution >= 4 is 26.9 Å². The van der Waals surface area contributed by atoms with E-state index in [1.165, 1.54) is 0 Å². The number of hydrogen-bond donors (Lipinski definition) is 1. The van der Waals surface area contributed by atoms with Crippen molar-refractivity contribution in [2.24, 2.45) is 0 Å². The maximum Gasteiger partial charge on any atom is 0.290 e. The van der Waals surface area contributed by atoms with Gasteiger partial charge in [0.25, 0.3) is 5.91 Å². The summed E-state index contributed by atoms with van der Waals surface area (Å²) in [4.78, 5) is 14.8. The van der Waals surface area contributed by atoms with E-state index in [-0.39, 0.29) is 28.7 Å². The number of rotatable bonds is 6. The van der Waals surface area contributed by atoms with Gasteiger partial charge in [0.2, 0.25) is 10.0 Å². The number of nitrogens with one attached hydrogen (secondary N) is 1. The number of benzene rings is 2. The van der Waals surface area contributed by atoms with Crippen LogP contribution in [0.4, 0.5) is 0 Å². The summed E-state index contributed by atoms with van der Waals surface area (Å²) in [5.74, 6) is -0.0506. The number of amides is 1. The van der Waals surface area contributed by atoms with Crippen molar-refractivity contribution in [3.8, 4) is 0 Å². The first-order valence-electron chi connectivity index (χ1n) is 10.7. The molecular weight excluding hydrogens is 428 g/mol. The number of furan rings is 1. The normalized spacial score (nSPS) is 14.8. The molecule has 0 spiro atoms. The summed E-state index contributed by atoms with van der Waals surface area (Å²) in [6.07, 6.45) is 0.575. The van der Waals surface area contributed by atoms with Crippen molar-refractivity contribution in [1.29, 1.82) is 0 Å². The molecule has 2 heterocycles. The smallest absolute Gasteiger partial charge is 0.290 e. The molecule has 1 N–H and O–H groups in total. The average molecular weight is 457 g/mol. The summed E-state index contributed by atoms with van der Waals surface area (Å²) in [6.45, 7) is 7.63. The Balaban J connectivity index is 1.70. The van der Waals surface area contributed by atoms with E-state index >= 15 is 0 Å². The molecule has 1 aliphatic rings. The Bertz CT molecular complexity index is 1240. The van der Waals surface area contributed by atoms with E-state index in [0.29, 0.717) is 49.2 Å². The van der Waals surface area contributed by atoms with Gasteiger partial charge < -0.3 is 14.1 Å². The third-order valence-corrected chi connectivity index (χ3v) is 7.62. The van der Waals surface area contributed by atoms with Crippen molar-refractivity contribution in [3.05, 3.63) is 64.4 Å².